The van der Waals surface area contributed by atoms with E-state index < -0.39 is 11.6 Å². The van der Waals surface area contributed by atoms with Gasteiger partial charge in [-0.2, -0.15) is 0 Å². The highest BCUT2D eigenvalue weighted by molar-refractivity contribution is 5.90. The van der Waals surface area contributed by atoms with Gasteiger partial charge in [-0.25, -0.2) is 8.78 Å². The Hall–Kier alpha value is -1.49. The molecule has 1 fully saturated rings. The average Bonchev–Trinajstić information content (AvgIpc) is 2.43. The molecular weight excluding hydrogens is 250 g/mol. The third kappa shape index (κ3) is 3.99. The summed E-state index contributed by atoms with van der Waals surface area (Å²) in [5.74, 6) is -2.24. The number of hydrogen-bond donors (Lipinski definition) is 2. The van der Waals surface area contributed by atoms with Crippen molar-refractivity contribution < 1.29 is 13.6 Å². The maximum atomic E-state index is 13.4. The maximum absolute atomic E-state index is 13.4. The number of piperidine rings is 1. The van der Waals surface area contributed by atoms with E-state index in [2.05, 4.69) is 10.6 Å². The summed E-state index contributed by atoms with van der Waals surface area (Å²) < 4.78 is 26.3. The van der Waals surface area contributed by atoms with Crippen LogP contribution in [0, 0.1) is 11.6 Å². The van der Waals surface area contributed by atoms with Crippen molar-refractivity contribution in [2.45, 2.75) is 38.1 Å². The topological polar surface area (TPSA) is 41.1 Å². The molecule has 1 atom stereocenters. The lowest BCUT2D eigenvalue weighted by molar-refractivity contribution is -0.116. The molecule has 0 saturated carbocycles. The number of carbonyl (C=O) groups is 1. The fourth-order valence-corrected chi connectivity index (χ4v) is 2.29. The number of halogens is 2. The lowest BCUT2D eigenvalue weighted by atomic mass is 10.0. The molecule has 19 heavy (non-hydrogen) atoms. The largest absolute Gasteiger partial charge is 0.324 e. The van der Waals surface area contributed by atoms with Crippen LogP contribution in [0.4, 0.5) is 14.5 Å². The number of nitrogens with one attached hydrogen (secondary N) is 2. The summed E-state index contributed by atoms with van der Waals surface area (Å²) >= 11 is 0. The van der Waals surface area contributed by atoms with Crippen molar-refractivity contribution in [3.8, 4) is 0 Å². The van der Waals surface area contributed by atoms with Gasteiger partial charge in [0.1, 0.15) is 0 Å². The van der Waals surface area contributed by atoms with Crippen LogP contribution < -0.4 is 10.6 Å². The molecule has 0 spiro atoms. The quantitative estimate of drug-likeness (QED) is 0.881. The zero-order valence-corrected chi connectivity index (χ0v) is 10.7. The average molecular weight is 268 g/mol. The van der Waals surface area contributed by atoms with Crippen molar-refractivity contribution in [1.82, 2.24) is 5.32 Å². The van der Waals surface area contributed by atoms with Crippen molar-refractivity contribution in [3.05, 3.63) is 29.8 Å². The van der Waals surface area contributed by atoms with Gasteiger partial charge in [-0.3, -0.25) is 4.79 Å². The zero-order valence-electron chi connectivity index (χ0n) is 10.7. The first-order valence-electron chi connectivity index (χ1n) is 6.64. The summed E-state index contributed by atoms with van der Waals surface area (Å²) in [7, 11) is 0. The second-order valence-electron chi connectivity index (χ2n) is 4.84. The Morgan fingerprint density at radius 3 is 2.95 bits per heavy atom. The number of amides is 1. The van der Waals surface area contributed by atoms with Gasteiger partial charge in [0.15, 0.2) is 11.6 Å². The molecule has 0 bridgehead atoms. The van der Waals surface area contributed by atoms with Crippen LogP contribution in [0.5, 0.6) is 0 Å². The van der Waals surface area contributed by atoms with E-state index >= 15 is 0 Å². The predicted molar refractivity (Wildman–Crippen MR) is 69.9 cm³/mol. The third-order valence-corrected chi connectivity index (χ3v) is 3.36. The van der Waals surface area contributed by atoms with Crippen LogP contribution in [-0.4, -0.2) is 18.5 Å². The normalized spacial score (nSPS) is 19.2. The van der Waals surface area contributed by atoms with Crippen LogP contribution >= 0.6 is 0 Å². The molecule has 1 unspecified atom stereocenters. The van der Waals surface area contributed by atoms with Gasteiger partial charge in [0, 0.05) is 12.5 Å². The molecule has 2 rings (SSSR count). The summed E-state index contributed by atoms with van der Waals surface area (Å²) in [6, 6.07) is 4.11. The molecule has 1 amide bonds. The Bertz CT molecular complexity index is 445. The standard InChI is InChI=1S/C14H18F2N2O/c15-11-5-3-6-12(14(11)16)18-13(19)8-7-10-4-1-2-9-17-10/h3,5-6,10,17H,1-2,4,7-9H2,(H,18,19). The molecule has 0 aromatic heterocycles. The van der Waals surface area contributed by atoms with E-state index in [4.69, 9.17) is 0 Å². The van der Waals surface area contributed by atoms with Crippen LogP contribution in [0.2, 0.25) is 0 Å². The number of hydrogen-bond acceptors (Lipinski definition) is 2. The Kier molecular flexibility index (Phi) is 4.85. The Morgan fingerprint density at radius 2 is 2.21 bits per heavy atom. The van der Waals surface area contributed by atoms with E-state index in [1.165, 1.54) is 25.0 Å². The van der Waals surface area contributed by atoms with E-state index in [0.29, 0.717) is 12.5 Å². The van der Waals surface area contributed by atoms with Gasteiger partial charge in [0.2, 0.25) is 5.91 Å². The van der Waals surface area contributed by atoms with Crippen LogP contribution in [0.15, 0.2) is 18.2 Å². The molecule has 2 N–H and O–H groups in total. The van der Waals surface area contributed by atoms with E-state index in [0.717, 1.165) is 25.5 Å². The number of rotatable bonds is 4. The second kappa shape index (κ2) is 6.61. The van der Waals surface area contributed by atoms with Crippen molar-refractivity contribution in [2.75, 3.05) is 11.9 Å². The molecule has 0 aliphatic carbocycles. The van der Waals surface area contributed by atoms with E-state index in [1.54, 1.807) is 0 Å². The van der Waals surface area contributed by atoms with Gasteiger partial charge < -0.3 is 10.6 Å². The highest BCUT2D eigenvalue weighted by atomic mass is 19.2. The third-order valence-electron chi connectivity index (χ3n) is 3.36. The highest BCUT2D eigenvalue weighted by Crippen LogP contribution is 2.17. The molecule has 3 nitrogen and oxygen atoms in total. The maximum Gasteiger partial charge on any atom is 0.224 e. The monoisotopic (exact) mass is 268 g/mol. The number of carbonyl (C=O) groups excluding carboxylic acids is 1. The SMILES string of the molecule is O=C(CCC1CCCCN1)Nc1cccc(F)c1F. The van der Waals surface area contributed by atoms with E-state index in [9.17, 15) is 13.6 Å². The molecule has 1 heterocycles. The van der Waals surface area contributed by atoms with Crippen molar-refractivity contribution in [2.24, 2.45) is 0 Å². The van der Waals surface area contributed by atoms with E-state index in [1.807, 2.05) is 0 Å². The molecule has 1 aliphatic heterocycles. The summed E-state index contributed by atoms with van der Waals surface area (Å²) in [5.41, 5.74) is -0.0957. The number of benzene rings is 1. The fourth-order valence-electron chi connectivity index (χ4n) is 2.29. The van der Waals surface area contributed by atoms with Gasteiger partial charge in [-0.15, -0.1) is 0 Å². The van der Waals surface area contributed by atoms with Gasteiger partial charge in [-0.1, -0.05) is 12.5 Å². The van der Waals surface area contributed by atoms with Crippen LogP contribution in [0.25, 0.3) is 0 Å². The Balaban J connectivity index is 1.82. The first-order valence-corrected chi connectivity index (χ1v) is 6.64. The molecule has 1 saturated heterocycles. The summed E-state index contributed by atoms with van der Waals surface area (Å²) in [6.45, 7) is 0.991. The predicted octanol–water partition coefficient (Wildman–Crippen LogP) is 2.83. The van der Waals surface area contributed by atoms with Crippen LogP contribution in [0.3, 0.4) is 0 Å². The molecule has 1 aromatic carbocycles. The van der Waals surface area contributed by atoms with Gasteiger partial charge in [-0.05, 0) is 37.9 Å². The van der Waals surface area contributed by atoms with Crippen molar-refractivity contribution in [3.63, 3.8) is 0 Å². The van der Waals surface area contributed by atoms with Gasteiger partial charge in [0.05, 0.1) is 5.69 Å². The second-order valence-corrected chi connectivity index (χ2v) is 4.84. The van der Waals surface area contributed by atoms with Gasteiger partial charge >= 0.3 is 0 Å². The lowest BCUT2D eigenvalue weighted by Gasteiger charge is -2.23. The molecule has 104 valence electrons. The fraction of sp³-hybridized carbons (Fsp3) is 0.500. The lowest BCUT2D eigenvalue weighted by Crippen LogP contribution is -2.34. The molecular formula is C14H18F2N2O. The number of anilines is 1. The minimum Gasteiger partial charge on any atom is -0.324 e. The summed E-state index contributed by atoms with van der Waals surface area (Å²) in [4.78, 5) is 11.7. The molecule has 1 aliphatic rings. The first-order chi connectivity index (χ1) is 9.16. The highest BCUT2D eigenvalue weighted by Gasteiger charge is 2.15. The summed E-state index contributed by atoms with van der Waals surface area (Å²) in [6.07, 6.45) is 4.47. The van der Waals surface area contributed by atoms with Crippen molar-refractivity contribution >= 4 is 11.6 Å². The van der Waals surface area contributed by atoms with Crippen molar-refractivity contribution in [1.29, 1.82) is 0 Å². The minimum atomic E-state index is -1.01. The molecule has 1 aromatic rings. The van der Waals surface area contributed by atoms with E-state index in [-0.39, 0.29) is 11.6 Å². The first kappa shape index (κ1) is 13.9. The van der Waals surface area contributed by atoms with Crippen LogP contribution in [-0.2, 0) is 4.79 Å². The van der Waals surface area contributed by atoms with Gasteiger partial charge in [0.25, 0.3) is 0 Å². The smallest absolute Gasteiger partial charge is 0.224 e. The van der Waals surface area contributed by atoms with Crippen LogP contribution in [0.1, 0.15) is 32.1 Å². The summed E-state index contributed by atoms with van der Waals surface area (Å²) in [5, 5.41) is 5.75. The Morgan fingerprint density at radius 1 is 1.37 bits per heavy atom. The zero-order chi connectivity index (χ0) is 13.7. The Labute approximate surface area is 111 Å². The molecule has 0 radical (unpaired) electrons. The molecule has 5 heteroatoms. The minimum absolute atomic E-state index is 0.0957.